The highest BCUT2D eigenvalue weighted by molar-refractivity contribution is 6.44. The predicted octanol–water partition coefficient (Wildman–Crippen LogP) is 3.69. The van der Waals surface area contributed by atoms with Gasteiger partial charge in [0.2, 0.25) is 0 Å². The molecule has 2 rings (SSSR count). The van der Waals surface area contributed by atoms with E-state index in [1.165, 1.54) is 0 Å². The molecule has 1 aliphatic heterocycles. The molecule has 2 atom stereocenters. The largest absolute Gasteiger partial charge is 0.399 e. The van der Waals surface area contributed by atoms with Crippen molar-refractivity contribution in [1.82, 2.24) is 4.90 Å². The van der Waals surface area contributed by atoms with Gasteiger partial charge in [-0.05, 0) is 30.4 Å². The summed E-state index contributed by atoms with van der Waals surface area (Å²) >= 11 is 12.1. The van der Waals surface area contributed by atoms with Crippen molar-refractivity contribution in [3.63, 3.8) is 0 Å². The van der Waals surface area contributed by atoms with Crippen LogP contribution in [0.1, 0.15) is 30.6 Å². The third-order valence-corrected chi connectivity index (χ3v) is 4.24. The number of rotatable bonds is 1. The Morgan fingerprint density at radius 3 is 2.42 bits per heavy atom. The third kappa shape index (κ3) is 3.15. The molecule has 0 spiro atoms. The number of halogens is 2. The smallest absolute Gasteiger partial charge is 0.255 e. The molecular formula is C14H18Cl2N2O. The first-order chi connectivity index (χ1) is 8.88. The van der Waals surface area contributed by atoms with Crippen LogP contribution in [0.3, 0.4) is 0 Å². The SMILES string of the molecule is CC1CC(C)CN(C(=O)c2cc(N)cc(Cl)c2Cl)C1. The van der Waals surface area contributed by atoms with Gasteiger partial charge in [-0.15, -0.1) is 0 Å². The Hall–Kier alpha value is -0.930. The second-order valence-electron chi connectivity index (χ2n) is 5.52. The number of hydrogen-bond donors (Lipinski definition) is 1. The van der Waals surface area contributed by atoms with Gasteiger partial charge in [-0.2, -0.15) is 0 Å². The average Bonchev–Trinajstić information content (AvgIpc) is 2.31. The van der Waals surface area contributed by atoms with Crippen molar-refractivity contribution >= 4 is 34.8 Å². The van der Waals surface area contributed by atoms with Crippen molar-refractivity contribution in [3.05, 3.63) is 27.7 Å². The highest BCUT2D eigenvalue weighted by atomic mass is 35.5. The monoisotopic (exact) mass is 300 g/mol. The molecule has 3 nitrogen and oxygen atoms in total. The van der Waals surface area contributed by atoms with Gasteiger partial charge in [-0.3, -0.25) is 4.79 Å². The van der Waals surface area contributed by atoms with E-state index in [0.29, 0.717) is 28.1 Å². The summed E-state index contributed by atoms with van der Waals surface area (Å²) in [6.45, 7) is 5.83. The van der Waals surface area contributed by atoms with E-state index in [9.17, 15) is 4.79 Å². The summed E-state index contributed by atoms with van der Waals surface area (Å²) in [5.41, 5.74) is 6.59. The van der Waals surface area contributed by atoms with Gasteiger partial charge in [0.15, 0.2) is 0 Å². The van der Waals surface area contributed by atoms with Gasteiger partial charge in [0.1, 0.15) is 0 Å². The molecule has 1 saturated heterocycles. The van der Waals surface area contributed by atoms with E-state index in [0.717, 1.165) is 19.5 Å². The van der Waals surface area contributed by atoms with Crippen LogP contribution in [0, 0.1) is 11.8 Å². The van der Waals surface area contributed by atoms with Crippen LogP contribution in [0.4, 0.5) is 5.69 Å². The Balaban J connectivity index is 2.29. The van der Waals surface area contributed by atoms with Crippen molar-refractivity contribution in [1.29, 1.82) is 0 Å². The average molecular weight is 301 g/mol. The summed E-state index contributed by atoms with van der Waals surface area (Å²) in [6, 6.07) is 3.16. The van der Waals surface area contributed by atoms with Crippen LogP contribution in [0.5, 0.6) is 0 Å². The lowest BCUT2D eigenvalue weighted by molar-refractivity contribution is 0.0623. The number of amides is 1. The van der Waals surface area contributed by atoms with E-state index in [1.54, 1.807) is 12.1 Å². The zero-order valence-electron chi connectivity index (χ0n) is 11.1. The van der Waals surface area contributed by atoms with Gasteiger partial charge in [0.25, 0.3) is 5.91 Å². The maximum absolute atomic E-state index is 12.5. The summed E-state index contributed by atoms with van der Waals surface area (Å²) in [5.74, 6) is 0.920. The second kappa shape index (κ2) is 5.59. The van der Waals surface area contributed by atoms with E-state index in [2.05, 4.69) is 13.8 Å². The Bertz CT molecular complexity index is 494. The number of nitrogen functional groups attached to an aromatic ring is 1. The summed E-state index contributed by atoms with van der Waals surface area (Å²) in [4.78, 5) is 14.4. The molecule has 1 aromatic carbocycles. The minimum absolute atomic E-state index is 0.0856. The van der Waals surface area contributed by atoms with Crippen LogP contribution in [0.25, 0.3) is 0 Å². The molecule has 0 aliphatic carbocycles. The number of nitrogens with two attached hydrogens (primary N) is 1. The summed E-state index contributed by atoms with van der Waals surface area (Å²) in [5, 5.41) is 0.606. The maximum Gasteiger partial charge on any atom is 0.255 e. The number of piperidine rings is 1. The lowest BCUT2D eigenvalue weighted by Crippen LogP contribution is -2.42. The Labute approximate surface area is 123 Å². The van der Waals surface area contributed by atoms with Crippen LogP contribution in [0.2, 0.25) is 10.0 Å². The zero-order chi connectivity index (χ0) is 14.2. The van der Waals surface area contributed by atoms with Crippen LogP contribution >= 0.6 is 23.2 Å². The molecule has 104 valence electrons. The Kier molecular flexibility index (Phi) is 4.26. The van der Waals surface area contributed by atoms with E-state index in [4.69, 9.17) is 28.9 Å². The number of carbonyl (C=O) groups is 1. The molecule has 2 unspecified atom stereocenters. The second-order valence-corrected chi connectivity index (χ2v) is 6.31. The Morgan fingerprint density at radius 2 is 1.84 bits per heavy atom. The van der Waals surface area contributed by atoms with Crippen molar-refractivity contribution in [2.24, 2.45) is 11.8 Å². The lowest BCUT2D eigenvalue weighted by Gasteiger charge is -2.35. The van der Waals surface area contributed by atoms with Crippen LogP contribution < -0.4 is 5.73 Å². The van der Waals surface area contributed by atoms with Gasteiger partial charge >= 0.3 is 0 Å². The fourth-order valence-corrected chi connectivity index (χ4v) is 3.18. The molecule has 0 bridgehead atoms. The van der Waals surface area contributed by atoms with E-state index in [-0.39, 0.29) is 10.9 Å². The van der Waals surface area contributed by atoms with Crippen LogP contribution in [-0.2, 0) is 0 Å². The molecule has 0 aromatic heterocycles. The first-order valence-corrected chi connectivity index (χ1v) is 7.18. The first-order valence-electron chi connectivity index (χ1n) is 6.42. The Morgan fingerprint density at radius 1 is 1.26 bits per heavy atom. The fraction of sp³-hybridized carbons (Fsp3) is 0.500. The normalized spacial score (nSPS) is 23.5. The molecule has 2 N–H and O–H groups in total. The van der Waals surface area contributed by atoms with E-state index >= 15 is 0 Å². The molecule has 0 saturated carbocycles. The van der Waals surface area contributed by atoms with Gasteiger partial charge in [-0.1, -0.05) is 37.0 Å². The van der Waals surface area contributed by atoms with Gasteiger partial charge in [0.05, 0.1) is 15.6 Å². The molecule has 19 heavy (non-hydrogen) atoms. The topological polar surface area (TPSA) is 46.3 Å². The quantitative estimate of drug-likeness (QED) is 0.804. The van der Waals surface area contributed by atoms with Gasteiger partial charge in [0, 0.05) is 18.8 Å². The molecule has 5 heteroatoms. The van der Waals surface area contributed by atoms with Gasteiger partial charge in [-0.25, -0.2) is 0 Å². The van der Waals surface area contributed by atoms with Crippen molar-refractivity contribution in [2.75, 3.05) is 18.8 Å². The highest BCUT2D eigenvalue weighted by Crippen LogP contribution is 2.31. The number of benzene rings is 1. The number of nitrogens with zero attached hydrogens (tertiary/aromatic N) is 1. The fourth-order valence-electron chi connectivity index (χ4n) is 2.76. The van der Waals surface area contributed by atoms with Crippen LogP contribution in [0.15, 0.2) is 12.1 Å². The predicted molar refractivity (Wildman–Crippen MR) is 79.7 cm³/mol. The number of carbonyl (C=O) groups excluding carboxylic acids is 1. The number of likely N-dealkylation sites (tertiary alicyclic amines) is 1. The van der Waals surface area contributed by atoms with Crippen LogP contribution in [-0.4, -0.2) is 23.9 Å². The molecule has 1 amide bonds. The summed E-state index contributed by atoms with van der Waals surface area (Å²) < 4.78 is 0. The highest BCUT2D eigenvalue weighted by Gasteiger charge is 2.27. The number of anilines is 1. The summed E-state index contributed by atoms with van der Waals surface area (Å²) in [6.07, 6.45) is 1.15. The molecule has 1 fully saturated rings. The van der Waals surface area contributed by atoms with E-state index < -0.39 is 0 Å². The minimum Gasteiger partial charge on any atom is -0.399 e. The molecule has 1 aromatic rings. The zero-order valence-corrected chi connectivity index (χ0v) is 12.6. The van der Waals surface area contributed by atoms with Crippen molar-refractivity contribution < 1.29 is 4.79 Å². The van der Waals surface area contributed by atoms with Gasteiger partial charge < -0.3 is 10.6 Å². The first kappa shape index (κ1) is 14.5. The summed E-state index contributed by atoms with van der Waals surface area (Å²) in [7, 11) is 0. The molecule has 1 heterocycles. The van der Waals surface area contributed by atoms with Crippen molar-refractivity contribution in [3.8, 4) is 0 Å². The maximum atomic E-state index is 12.5. The third-order valence-electron chi connectivity index (χ3n) is 3.44. The molecule has 1 aliphatic rings. The number of hydrogen-bond acceptors (Lipinski definition) is 2. The lowest BCUT2D eigenvalue weighted by atomic mass is 9.91. The molecule has 0 radical (unpaired) electrons. The van der Waals surface area contributed by atoms with E-state index in [1.807, 2.05) is 4.90 Å². The standard InChI is InChI=1S/C14H18Cl2N2O/c1-8-3-9(2)7-18(6-8)14(19)11-4-10(17)5-12(15)13(11)16/h4-5,8-9H,3,6-7,17H2,1-2H3. The molecular weight excluding hydrogens is 283 g/mol. The van der Waals surface area contributed by atoms with Crippen molar-refractivity contribution in [2.45, 2.75) is 20.3 Å². The minimum atomic E-state index is -0.0856.